The fourth-order valence-electron chi connectivity index (χ4n) is 2.13. The lowest BCUT2D eigenvalue weighted by Gasteiger charge is -2.10. The summed E-state index contributed by atoms with van der Waals surface area (Å²) >= 11 is 12.2. The molecule has 0 radical (unpaired) electrons. The molecule has 0 atom stereocenters. The maximum Gasteiger partial charge on any atom is 0.258 e. The van der Waals surface area contributed by atoms with E-state index < -0.39 is 11.7 Å². The SMILES string of the molecule is O=C(Nc1ccc(Nc2c(Cl)cccc2Cl)nc1)c1ccccc1F. The number of carbonyl (C=O) groups excluding carboxylic acids is 1. The molecule has 126 valence electrons. The third kappa shape index (κ3) is 4.07. The van der Waals surface area contributed by atoms with Crippen molar-refractivity contribution in [3.63, 3.8) is 0 Å². The molecule has 7 heteroatoms. The molecule has 1 heterocycles. The first-order chi connectivity index (χ1) is 12.0. The highest BCUT2D eigenvalue weighted by molar-refractivity contribution is 6.39. The second-order valence-corrected chi connectivity index (χ2v) is 5.90. The summed E-state index contributed by atoms with van der Waals surface area (Å²) in [5.74, 6) is -0.631. The summed E-state index contributed by atoms with van der Waals surface area (Å²) in [5, 5.41) is 6.53. The second-order valence-electron chi connectivity index (χ2n) is 5.09. The number of para-hydroxylation sites is 1. The number of pyridine rings is 1. The van der Waals surface area contributed by atoms with Gasteiger partial charge in [0.1, 0.15) is 11.6 Å². The van der Waals surface area contributed by atoms with Crippen LogP contribution in [0.1, 0.15) is 10.4 Å². The van der Waals surface area contributed by atoms with Gasteiger partial charge < -0.3 is 10.6 Å². The summed E-state index contributed by atoms with van der Waals surface area (Å²) in [5.41, 5.74) is 0.943. The molecule has 0 aliphatic heterocycles. The molecule has 0 saturated heterocycles. The van der Waals surface area contributed by atoms with E-state index in [1.165, 1.54) is 24.4 Å². The maximum atomic E-state index is 13.6. The number of benzene rings is 2. The van der Waals surface area contributed by atoms with E-state index in [2.05, 4.69) is 15.6 Å². The molecule has 1 aromatic heterocycles. The zero-order valence-electron chi connectivity index (χ0n) is 12.8. The lowest BCUT2D eigenvalue weighted by Crippen LogP contribution is -2.13. The van der Waals surface area contributed by atoms with Gasteiger partial charge in [-0.25, -0.2) is 9.37 Å². The average Bonchev–Trinajstić information content (AvgIpc) is 2.60. The van der Waals surface area contributed by atoms with E-state index in [0.29, 0.717) is 27.2 Å². The van der Waals surface area contributed by atoms with E-state index in [1.807, 2.05) is 0 Å². The maximum absolute atomic E-state index is 13.6. The van der Waals surface area contributed by atoms with Crippen LogP contribution in [0.15, 0.2) is 60.8 Å². The number of nitrogens with zero attached hydrogens (tertiary/aromatic N) is 1. The van der Waals surface area contributed by atoms with Crippen LogP contribution in [-0.2, 0) is 0 Å². The molecule has 0 saturated carbocycles. The molecule has 25 heavy (non-hydrogen) atoms. The Morgan fingerprint density at radius 2 is 1.68 bits per heavy atom. The predicted molar refractivity (Wildman–Crippen MR) is 98.3 cm³/mol. The van der Waals surface area contributed by atoms with Gasteiger partial charge in [0, 0.05) is 0 Å². The van der Waals surface area contributed by atoms with Gasteiger partial charge in [0.15, 0.2) is 0 Å². The van der Waals surface area contributed by atoms with Gasteiger partial charge in [0.05, 0.1) is 33.2 Å². The Hall–Kier alpha value is -2.63. The quantitative estimate of drug-likeness (QED) is 0.630. The molecule has 0 spiro atoms. The first-order valence-electron chi connectivity index (χ1n) is 7.27. The molecule has 0 bridgehead atoms. The third-order valence-corrected chi connectivity index (χ3v) is 3.99. The smallest absolute Gasteiger partial charge is 0.258 e. The molecule has 0 fully saturated rings. The standard InChI is InChI=1S/C18H12Cl2FN3O/c19-13-5-3-6-14(20)17(13)24-16-9-8-11(10-22-16)23-18(25)12-4-1-2-7-15(12)21/h1-10H,(H,22,24)(H,23,25). The molecule has 3 aromatic rings. The Morgan fingerprint density at radius 3 is 2.32 bits per heavy atom. The van der Waals surface area contributed by atoms with E-state index in [0.717, 1.165) is 0 Å². The number of carbonyl (C=O) groups is 1. The van der Waals surface area contributed by atoms with Crippen molar-refractivity contribution in [1.82, 2.24) is 4.98 Å². The summed E-state index contributed by atoms with van der Waals surface area (Å²) in [6, 6.07) is 14.2. The van der Waals surface area contributed by atoms with Crippen molar-refractivity contribution in [2.75, 3.05) is 10.6 Å². The molecule has 0 aliphatic rings. The van der Waals surface area contributed by atoms with E-state index in [-0.39, 0.29) is 5.56 Å². The average molecular weight is 376 g/mol. The highest BCUT2D eigenvalue weighted by Gasteiger charge is 2.11. The minimum absolute atomic E-state index is 0.0347. The van der Waals surface area contributed by atoms with E-state index >= 15 is 0 Å². The fourth-order valence-corrected chi connectivity index (χ4v) is 2.62. The molecule has 0 aliphatic carbocycles. The molecule has 1 amide bonds. The van der Waals surface area contributed by atoms with E-state index in [1.54, 1.807) is 36.4 Å². The zero-order chi connectivity index (χ0) is 17.8. The zero-order valence-corrected chi connectivity index (χ0v) is 14.3. The molecule has 2 N–H and O–H groups in total. The summed E-state index contributed by atoms with van der Waals surface area (Å²) in [6.45, 7) is 0. The molecular formula is C18H12Cl2FN3O. The lowest BCUT2D eigenvalue weighted by atomic mass is 10.2. The molecule has 4 nitrogen and oxygen atoms in total. The van der Waals surface area contributed by atoms with Crippen molar-refractivity contribution in [2.45, 2.75) is 0 Å². The van der Waals surface area contributed by atoms with Gasteiger partial charge in [-0.3, -0.25) is 4.79 Å². The minimum Gasteiger partial charge on any atom is -0.338 e. The number of aromatic nitrogens is 1. The Bertz CT molecular complexity index is 896. The third-order valence-electron chi connectivity index (χ3n) is 3.36. The van der Waals surface area contributed by atoms with Gasteiger partial charge in [0.25, 0.3) is 5.91 Å². The van der Waals surface area contributed by atoms with Gasteiger partial charge >= 0.3 is 0 Å². The van der Waals surface area contributed by atoms with Crippen molar-refractivity contribution < 1.29 is 9.18 Å². The number of halogens is 3. The van der Waals surface area contributed by atoms with E-state index in [9.17, 15) is 9.18 Å². The van der Waals surface area contributed by atoms with Crippen molar-refractivity contribution in [2.24, 2.45) is 0 Å². The topological polar surface area (TPSA) is 54.0 Å². The van der Waals surface area contributed by atoms with Crippen LogP contribution in [0.5, 0.6) is 0 Å². The van der Waals surface area contributed by atoms with Gasteiger partial charge in [0.2, 0.25) is 0 Å². The second kappa shape index (κ2) is 7.51. The Kier molecular flexibility index (Phi) is 5.16. The van der Waals surface area contributed by atoms with Gasteiger partial charge in [-0.05, 0) is 36.4 Å². The van der Waals surface area contributed by atoms with Crippen LogP contribution >= 0.6 is 23.2 Å². The summed E-state index contributed by atoms with van der Waals surface area (Å²) < 4.78 is 13.6. The predicted octanol–water partition coefficient (Wildman–Crippen LogP) is 5.52. The summed E-state index contributed by atoms with van der Waals surface area (Å²) in [7, 11) is 0. The minimum atomic E-state index is -0.584. The summed E-state index contributed by atoms with van der Waals surface area (Å²) in [6.07, 6.45) is 1.45. The molecule has 0 unspecified atom stereocenters. The van der Waals surface area contributed by atoms with Crippen LogP contribution < -0.4 is 10.6 Å². The van der Waals surface area contributed by atoms with Gasteiger partial charge in [-0.1, -0.05) is 41.4 Å². The molecule has 2 aromatic carbocycles. The van der Waals surface area contributed by atoms with Crippen molar-refractivity contribution in [1.29, 1.82) is 0 Å². The Balaban J connectivity index is 1.72. The van der Waals surface area contributed by atoms with Crippen LogP contribution in [0.4, 0.5) is 21.6 Å². The highest BCUT2D eigenvalue weighted by atomic mass is 35.5. The number of anilines is 3. The van der Waals surface area contributed by atoms with Crippen LogP contribution in [0.25, 0.3) is 0 Å². The van der Waals surface area contributed by atoms with Crippen molar-refractivity contribution >= 4 is 46.3 Å². The number of rotatable bonds is 4. The lowest BCUT2D eigenvalue weighted by molar-refractivity contribution is 0.102. The number of nitrogens with one attached hydrogen (secondary N) is 2. The Labute approximate surface area is 153 Å². The fraction of sp³-hybridized carbons (Fsp3) is 0. The van der Waals surface area contributed by atoms with E-state index in [4.69, 9.17) is 23.2 Å². The van der Waals surface area contributed by atoms with Crippen LogP contribution in [0.3, 0.4) is 0 Å². The number of hydrogen-bond donors (Lipinski definition) is 2. The first kappa shape index (κ1) is 17.2. The van der Waals surface area contributed by atoms with Crippen molar-refractivity contribution in [3.05, 3.63) is 82.2 Å². The molecular weight excluding hydrogens is 364 g/mol. The largest absolute Gasteiger partial charge is 0.338 e. The van der Waals surface area contributed by atoms with Gasteiger partial charge in [-0.15, -0.1) is 0 Å². The van der Waals surface area contributed by atoms with Crippen LogP contribution in [0.2, 0.25) is 10.0 Å². The van der Waals surface area contributed by atoms with Crippen LogP contribution in [-0.4, -0.2) is 10.9 Å². The highest BCUT2D eigenvalue weighted by Crippen LogP contribution is 2.32. The monoisotopic (exact) mass is 375 g/mol. The van der Waals surface area contributed by atoms with Gasteiger partial charge in [-0.2, -0.15) is 0 Å². The summed E-state index contributed by atoms with van der Waals surface area (Å²) in [4.78, 5) is 16.3. The van der Waals surface area contributed by atoms with Crippen molar-refractivity contribution in [3.8, 4) is 0 Å². The number of amides is 1. The first-order valence-corrected chi connectivity index (χ1v) is 8.03. The molecule has 3 rings (SSSR count). The Morgan fingerprint density at radius 1 is 0.960 bits per heavy atom. The number of hydrogen-bond acceptors (Lipinski definition) is 3. The van der Waals surface area contributed by atoms with Crippen LogP contribution in [0, 0.1) is 5.82 Å². The normalized spacial score (nSPS) is 10.4.